The summed E-state index contributed by atoms with van der Waals surface area (Å²) in [5.41, 5.74) is 1.67. The molecule has 0 bridgehead atoms. The van der Waals surface area contributed by atoms with Crippen molar-refractivity contribution in [2.24, 2.45) is 0 Å². The molecule has 100 valence electrons. The van der Waals surface area contributed by atoms with Gasteiger partial charge < -0.3 is 10.1 Å². The maximum absolute atomic E-state index is 12.0. The molecule has 0 aliphatic carbocycles. The summed E-state index contributed by atoms with van der Waals surface area (Å²) in [5, 5.41) is 2.90. The topological polar surface area (TPSA) is 38.3 Å². The van der Waals surface area contributed by atoms with Crippen LogP contribution < -0.4 is 5.32 Å². The van der Waals surface area contributed by atoms with Crippen LogP contribution in [0.25, 0.3) is 0 Å². The van der Waals surface area contributed by atoms with Crippen molar-refractivity contribution in [1.29, 1.82) is 0 Å². The molecule has 18 heavy (non-hydrogen) atoms. The maximum atomic E-state index is 12.0. The molecule has 0 aliphatic rings. The number of rotatable bonds is 6. The van der Waals surface area contributed by atoms with Gasteiger partial charge in [0.25, 0.3) is 5.91 Å². The van der Waals surface area contributed by atoms with Gasteiger partial charge in [0.15, 0.2) is 0 Å². The van der Waals surface area contributed by atoms with Crippen molar-refractivity contribution in [3.05, 3.63) is 33.8 Å². The number of alkyl halides is 1. The van der Waals surface area contributed by atoms with Crippen molar-refractivity contribution >= 4 is 33.4 Å². The normalized spacial score (nSPS) is 12.2. The fourth-order valence-corrected chi connectivity index (χ4v) is 1.98. The summed E-state index contributed by atoms with van der Waals surface area (Å²) >= 11 is 9.22. The van der Waals surface area contributed by atoms with Crippen LogP contribution in [-0.4, -0.2) is 31.5 Å². The number of aryl methyl sites for hydroxylation is 1. The van der Waals surface area contributed by atoms with Crippen molar-refractivity contribution in [2.45, 2.75) is 19.4 Å². The van der Waals surface area contributed by atoms with Gasteiger partial charge in [-0.1, -0.05) is 15.9 Å². The molecule has 1 aromatic rings. The quantitative estimate of drug-likeness (QED) is 0.812. The second kappa shape index (κ2) is 7.77. The number of nitrogens with one attached hydrogen (secondary N) is 1. The lowest BCUT2D eigenvalue weighted by molar-refractivity contribution is 0.0930. The van der Waals surface area contributed by atoms with Crippen LogP contribution in [-0.2, 0) is 4.74 Å². The first-order valence-corrected chi connectivity index (χ1v) is 7.03. The Morgan fingerprint density at radius 3 is 2.83 bits per heavy atom. The average Bonchev–Trinajstić information content (AvgIpc) is 2.37. The first-order valence-electron chi connectivity index (χ1n) is 5.70. The van der Waals surface area contributed by atoms with E-state index in [4.69, 9.17) is 16.3 Å². The van der Waals surface area contributed by atoms with Gasteiger partial charge in [-0.25, -0.2) is 0 Å². The number of amides is 1. The Bertz CT molecular complexity index is 412. The fraction of sp³-hybridized carbons (Fsp3) is 0.462. The van der Waals surface area contributed by atoms with Crippen LogP contribution in [0.5, 0.6) is 0 Å². The zero-order valence-electron chi connectivity index (χ0n) is 10.5. The monoisotopic (exact) mass is 333 g/mol. The van der Waals surface area contributed by atoms with E-state index < -0.39 is 0 Å². The third kappa shape index (κ3) is 4.59. The molecule has 1 N–H and O–H groups in total. The number of carbonyl (C=O) groups excluding carboxylic acids is 1. The molecular weight excluding hydrogens is 318 g/mol. The van der Waals surface area contributed by atoms with Gasteiger partial charge in [-0.05, 0) is 37.1 Å². The molecule has 0 saturated carbocycles. The van der Waals surface area contributed by atoms with Crippen LogP contribution in [0.15, 0.2) is 22.7 Å². The average molecular weight is 335 g/mol. The van der Waals surface area contributed by atoms with E-state index in [1.807, 2.05) is 19.1 Å². The molecule has 1 aromatic carbocycles. The molecule has 0 saturated heterocycles. The molecule has 0 spiro atoms. The number of methoxy groups -OCH3 is 1. The largest absolute Gasteiger partial charge is 0.385 e. The van der Waals surface area contributed by atoms with Gasteiger partial charge >= 0.3 is 0 Å². The van der Waals surface area contributed by atoms with E-state index in [-0.39, 0.29) is 11.9 Å². The van der Waals surface area contributed by atoms with Crippen LogP contribution in [0, 0.1) is 6.92 Å². The fourth-order valence-electron chi connectivity index (χ4n) is 1.50. The Morgan fingerprint density at radius 1 is 1.56 bits per heavy atom. The van der Waals surface area contributed by atoms with Gasteiger partial charge in [0.05, 0.1) is 0 Å². The number of halogens is 2. The van der Waals surface area contributed by atoms with Crippen molar-refractivity contribution in [1.82, 2.24) is 5.32 Å². The van der Waals surface area contributed by atoms with E-state index in [0.29, 0.717) is 24.5 Å². The summed E-state index contributed by atoms with van der Waals surface area (Å²) in [6.07, 6.45) is 0.710. The highest BCUT2D eigenvalue weighted by molar-refractivity contribution is 9.10. The highest BCUT2D eigenvalue weighted by Gasteiger charge is 2.13. The van der Waals surface area contributed by atoms with E-state index in [1.54, 1.807) is 13.2 Å². The second-order valence-corrected chi connectivity index (χ2v) is 5.23. The molecule has 1 atom stereocenters. The molecule has 0 aromatic heterocycles. The molecular formula is C13H17BrClNO2. The SMILES string of the molecule is COCCC(CCl)NC(=O)c1ccc(Br)c(C)c1. The van der Waals surface area contributed by atoms with Gasteiger partial charge in [-0.3, -0.25) is 4.79 Å². The molecule has 0 radical (unpaired) electrons. The summed E-state index contributed by atoms with van der Waals surface area (Å²) in [7, 11) is 1.63. The molecule has 1 amide bonds. The molecule has 0 aliphatic heterocycles. The summed E-state index contributed by atoms with van der Waals surface area (Å²) < 4.78 is 5.97. The molecule has 0 heterocycles. The van der Waals surface area contributed by atoms with Crippen LogP contribution in [0.2, 0.25) is 0 Å². The zero-order chi connectivity index (χ0) is 13.5. The van der Waals surface area contributed by atoms with Gasteiger partial charge in [-0.2, -0.15) is 0 Å². The third-order valence-electron chi connectivity index (χ3n) is 2.61. The molecule has 5 heteroatoms. The third-order valence-corrected chi connectivity index (χ3v) is 3.87. The van der Waals surface area contributed by atoms with Crippen LogP contribution in [0.1, 0.15) is 22.3 Å². The Kier molecular flexibility index (Phi) is 6.68. The van der Waals surface area contributed by atoms with Crippen molar-refractivity contribution < 1.29 is 9.53 Å². The zero-order valence-corrected chi connectivity index (χ0v) is 12.8. The lowest BCUT2D eigenvalue weighted by Crippen LogP contribution is -2.37. The van der Waals surface area contributed by atoms with Gasteiger partial charge in [-0.15, -0.1) is 11.6 Å². The van der Waals surface area contributed by atoms with Gasteiger partial charge in [0.2, 0.25) is 0 Å². The lowest BCUT2D eigenvalue weighted by Gasteiger charge is -2.15. The predicted octanol–water partition coefficient (Wildman–Crippen LogP) is 3.13. The van der Waals surface area contributed by atoms with Crippen LogP contribution in [0.4, 0.5) is 0 Å². The Balaban J connectivity index is 2.65. The molecule has 0 fully saturated rings. The van der Waals surface area contributed by atoms with Crippen LogP contribution >= 0.6 is 27.5 Å². The predicted molar refractivity (Wildman–Crippen MR) is 77.3 cm³/mol. The summed E-state index contributed by atoms with van der Waals surface area (Å²) in [5.74, 6) is 0.275. The first-order chi connectivity index (χ1) is 8.58. The highest BCUT2D eigenvalue weighted by Crippen LogP contribution is 2.17. The number of hydrogen-bond donors (Lipinski definition) is 1. The Morgan fingerprint density at radius 2 is 2.28 bits per heavy atom. The number of carbonyl (C=O) groups is 1. The van der Waals surface area contributed by atoms with Crippen molar-refractivity contribution in [3.63, 3.8) is 0 Å². The van der Waals surface area contributed by atoms with Crippen LogP contribution in [0.3, 0.4) is 0 Å². The number of benzene rings is 1. The molecule has 3 nitrogen and oxygen atoms in total. The second-order valence-electron chi connectivity index (χ2n) is 4.07. The van der Waals surface area contributed by atoms with Gasteiger partial charge in [0, 0.05) is 35.7 Å². The van der Waals surface area contributed by atoms with Crippen molar-refractivity contribution in [2.75, 3.05) is 19.6 Å². The minimum atomic E-state index is -0.104. The minimum absolute atomic E-state index is 0.0666. The number of hydrogen-bond acceptors (Lipinski definition) is 2. The minimum Gasteiger partial charge on any atom is -0.385 e. The highest BCUT2D eigenvalue weighted by atomic mass is 79.9. The Labute approximate surface area is 121 Å². The standard InChI is InChI=1S/C13H17BrClNO2/c1-9-7-10(3-4-12(9)14)13(17)16-11(8-15)5-6-18-2/h3-4,7,11H,5-6,8H2,1-2H3,(H,16,17). The summed E-state index contributed by atoms with van der Waals surface area (Å²) in [6, 6.07) is 5.44. The van der Waals surface area contributed by atoms with E-state index >= 15 is 0 Å². The van der Waals surface area contributed by atoms with Crippen molar-refractivity contribution in [3.8, 4) is 0 Å². The van der Waals surface area contributed by atoms with E-state index in [2.05, 4.69) is 21.2 Å². The molecule has 1 rings (SSSR count). The lowest BCUT2D eigenvalue weighted by atomic mass is 10.1. The van der Waals surface area contributed by atoms with E-state index in [9.17, 15) is 4.79 Å². The number of ether oxygens (including phenoxy) is 1. The maximum Gasteiger partial charge on any atom is 0.251 e. The van der Waals surface area contributed by atoms with E-state index in [0.717, 1.165) is 10.0 Å². The molecule has 1 unspecified atom stereocenters. The smallest absolute Gasteiger partial charge is 0.251 e. The van der Waals surface area contributed by atoms with Gasteiger partial charge in [0.1, 0.15) is 0 Å². The van der Waals surface area contributed by atoms with E-state index in [1.165, 1.54) is 0 Å². The summed E-state index contributed by atoms with van der Waals surface area (Å²) in [6.45, 7) is 2.53. The first kappa shape index (κ1) is 15.5. The Hall–Kier alpha value is -0.580. The summed E-state index contributed by atoms with van der Waals surface area (Å²) in [4.78, 5) is 12.0.